The summed E-state index contributed by atoms with van der Waals surface area (Å²) in [7, 11) is -3.33. The highest BCUT2D eigenvalue weighted by Crippen LogP contribution is 2.19. The van der Waals surface area contributed by atoms with Gasteiger partial charge in [0.2, 0.25) is 0 Å². The SMILES string of the molecule is CC(C)S(=O)(=O)c1ccc(NC(=O)c2ccc(F)cc2)cc1. The first-order valence-electron chi connectivity index (χ1n) is 6.71. The van der Waals surface area contributed by atoms with Crippen molar-refractivity contribution in [2.24, 2.45) is 0 Å². The molecular formula is C16H16FNO3S. The molecule has 0 spiro atoms. The number of halogens is 1. The lowest BCUT2D eigenvalue weighted by Crippen LogP contribution is -2.14. The van der Waals surface area contributed by atoms with Gasteiger partial charge in [-0.25, -0.2) is 12.8 Å². The zero-order valence-electron chi connectivity index (χ0n) is 12.2. The third-order valence-electron chi connectivity index (χ3n) is 3.17. The van der Waals surface area contributed by atoms with Crippen LogP contribution in [0.4, 0.5) is 10.1 Å². The number of benzene rings is 2. The number of rotatable bonds is 4. The number of hydrogen-bond donors (Lipinski definition) is 1. The molecule has 0 aliphatic carbocycles. The first-order valence-corrected chi connectivity index (χ1v) is 8.26. The lowest BCUT2D eigenvalue weighted by Gasteiger charge is -2.09. The largest absolute Gasteiger partial charge is 0.322 e. The molecule has 6 heteroatoms. The first-order chi connectivity index (χ1) is 10.3. The maximum Gasteiger partial charge on any atom is 0.255 e. The zero-order chi connectivity index (χ0) is 16.3. The molecular weight excluding hydrogens is 305 g/mol. The molecule has 22 heavy (non-hydrogen) atoms. The van der Waals surface area contributed by atoms with Gasteiger partial charge in [-0.1, -0.05) is 0 Å². The molecule has 0 radical (unpaired) electrons. The molecule has 0 saturated carbocycles. The van der Waals surface area contributed by atoms with Crippen LogP contribution in [-0.2, 0) is 9.84 Å². The minimum absolute atomic E-state index is 0.210. The zero-order valence-corrected chi connectivity index (χ0v) is 13.0. The van der Waals surface area contributed by atoms with Crippen LogP contribution in [0, 0.1) is 5.82 Å². The van der Waals surface area contributed by atoms with E-state index in [4.69, 9.17) is 0 Å². The number of carbonyl (C=O) groups is 1. The average molecular weight is 321 g/mol. The molecule has 1 N–H and O–H groups in total. The second-order valence-corrected chi connectivity index (χ2v) is 7.58. The molecule has 0 saturated heterocycles. The van der Waals surface area contributed by atoms with Crippen LogP contribution in [0.5, 0.6) is 0 Å². The lowest BCUT2D eigenvalue weighted by atomic mass is 10.2. The van der Waals surface area contributed by atoms with E-state index in [1.807, 2.05) is 0 Å². The third kappa shape index (κ3) is 3.51. The second kappa shape index (κ2) is 6.27. The van der Waals surface area contributed by atoms with Crippen molar-refractivity contribution in [3.8, 4) is 0 Å². The van der Waals surface area contributed by atoms with Crippen molar-refractivity contribution in [3.63, 3.8) is 0 Å². The Labute approximate surface area is 128 Å². The van der Waals surface area contributed by atoms with Crippen molar-refractivity contribution in [3.05, 3.63) is 59.9 Å². The van der Waals surface area contributed by atoms with Crippen LogP contribution in [0.1, 0.15) is 24.2 Å². The molecule has 0 aliphatic rings. The molecule has 0 bridgehead atoms. The van der Waals surface area contributed by atoms with E-state index in [-0.39, 0.29) is 10.8 Å². The van der Waals surface area contributed by atoms with Crippen molar-refractivity contribution in [2.45, 2.75) is 24.0 Å². The molecule has 1 amide bonds. The summed E-state index contributed by atoms with van der Waals surface area (Å²) in [5.74, 6) is -0.806. The Morgan fingerprint density at radius 1 is 1.00 bits per heavy atom. The number of anilines is 1. The quantitative estimate of drug-likeness (QED) is 0.940. The molecule has 0 aromatic heterocycles. The standard InChI is InChI=1S/C16H16FNO3S/c1-11(2)22(20,21)15-9-7-14(8-10-15)18-16(19)12-3-5-13(17)6-4-12/h3-11H,1-2H3,(H,18,19). The number of hydrogen-bond acceptors (Lipinski definition) is 3. The number of carbonyl (C=O) groups excluding carboxylic acids is 1. The summed E-state index contributed by atoms with van der Waals surface area (Å²) in [5, 5.41) is 2.12. The van der Waals surface area contributed by atoms with Gasteiger partial charge in [-0.05, 0) is 62.4 Å². The Hall–Kier alpha value is -2.21. The highest BCUT2D eigenvalue weighted by atomic mass is 32.2. The van der Waals surface area contributed by atoms with Crippen LogP contribution in [0.25, 0.3) is 0 Å². The maximum atomic E-state index is 12.8. The Balaban J connectivity index is 2.15. The average Bonchev–Trinajstić information content (AvgIpc) is 2.48. The number of amides is 1. The van der Waals surface area contributed by atoms with Crippen LogP contribution in [0.15, 0.2) is 53.4 Å². The Morgan fingerprint density at radius 3 is 2.05 bits per heavy atom. The van der Waals surface area contributed by atoms with Crippen molar-refractivity contribution >= 4 is 21.4 Å². The van der Waals surface area contributed by atoms with Gasteiger partial charge < -0.3 is 5.32 Å². The lowest BCUT2D eigenvalue weighted by molar-refractivity contribution is 0.102. The summed E-state index contributed by atoms with van der Waals surface area (Å²) in [4.78, 5) is 12.2. The normalized spacial score (nSPS) is 11.5. The Kier molecular flexibility index (Phi) is 4.61. The number of sulfone groups is 1. The van der Waals surface area contributed by atoms with Crippen LogP contribution in [0.2, 0.25) is 0 Å². The smallest absolute Gasteiger partial charge is 0.255 e. The first kappa shape index (κ1) is 16.2. The summed E-state index contributed by atoms with van der Waals surface area (Å²) in [6.07, 6.45) is 0. The Morgan fingerprint density at radius 2 is 1.55 bits per heavy atom. The van der Waals surface area contributed by atoms with Crippen molar-refractivity contribution in [2.75, 3.05) is 5.32 Å². The van der Waals surface area contributed by atoms with Crippen molar-refractivity contribution in [1.29, 1.82) is 0 Å². The van der Waals surface area contributed by atoms with E-state index in [1.165, 1.54) is 48.5 Å². The fourth-order valence-corrected chi connectivity index (χ4v) is 2.86. The van der Waals surface area contributed by atoms with Crippen molar-refractivity contribution < 1.29 is 17.6 Å². The van der Waals surface area contributed by atoms with E-state index >= 15 is 0 Å². The van der Waals surface area contributed by atoms with Gasteiger partial charge in [-0.15, -0.1) is 0 Å². The maximum absolute atomic E-state index is 12.8. The summed E-state index contributed by atoms with van der Waals surface area (Å²) >= 11 is 0. The fraction of sp³-hybridized carbons (Fsp3) is 0.188. The minimum Gasteiger partial charge on any atom is -0.322 e. The third-order valence-corrected chi connectivity index (χ3v) is 5.34. The molecule has 0 atom stereocenters. The molecule has 0 heterocycles. The molecule has 0 aliphatic heterocycles. The molecule has 4 nitrogen and oxygen atoms in total. The fourth-order valence-electron chi connectivity index (χ4n) is 1.80. The summed E-state index contributed by atoms with van der Waals surface area (Å²) < 4.78 is 36.8. The monoisotopic (exact) mass is 321 g/mol. The minimum atomic E-state index is -3.33. The highest BCUT2D eigenvalue weighted by molar-refractivity contribution is 7.92. The molecule has 0 fully saturated rings. The van der Waals surface area contributed by atoms with E-state index in [0.717, 1.165) is 0 Å². The molecule has 116 valence electrons. The van der Waals surface area contributed by atoms with Gasteiger partial charge in [0.05, 0.1) is 10.1 Å². The molecule has 2 aromatic carbocycles. The van der Waals surface area contributed by atoms with Crippen molar-refractivity contribution in [1.82, 2.24) is 0 Å². The molecule has 2 aromatic rings. The van der Waals surface area contributed by atoms with Gasteiger partial charge in [-0.2, -0.15) is 0 Å². The van der Waals surface area contributed by atoms with Crippen LogP contribution < -0.4 is 5.32 Å². The van der Waals surface area contributed by atoms with E-state index in [1.54, 1.807) is 13.8 Å². The van der Waals surface area contributed by atoms with Crippen LogP contribution in [-0.4, -0.2) is 19.6 Å². The second-order valence-electron chi connectivity index (χ2n) is 5.08. The topological polar surface area (TPSA) is 63.2 Å². The predicted octanol–water partition coefficient (Wildman–Crippen LogP) is 3.26. The Bertz CT molecular complexity index is 766. The van der Waals surface area contributed by atoms with Gasteiger partial charge in [0.1, 0.15) is 5.82 Å². The van der Waals surface area contributed by atoms with Gasteiger partial charge in [0, 0.05) is 11.3 Å². The number of nitrogens with one attached hydrogen (secondary N) is 1. The van der Waals surface area contributed by atoms with E-state index < -0.39 is 20.9 Å². The molecule has 2 rings (SSSR count). The van der Waals surface area contributed by atoms with Crippen LogP contribution >= 0.6 is 0 Å². The van der Waals surface area contributed by atoms with Crippen LogP contribution in [0.3, 0.4) is 0 Å². The van der Waals surface area contributed by atoms with E-state index in [9.17, 15) is 17.6 Å². The van der Waals surface area contributed by atoms with E-state index in [2.05, 4.69) is 5.32 Å². The summed E-state index contributed by atoms with van der Waals surface area (Å²) in [5.41, 5.74) is 0.789. The van der Waals surface area contributed by atoms with Gasteiger partial charge in [-0.3, -0.25) is 4.79 Å². The summed E-state index contributed by atoms with van der Waals surface area (Å²) in [6, 6.07) is 11.1. The summed E-state index contributed by atoms with van der Waals surface area (Å²) in [6.45, 7) is 3.22. The predicted molar refractivity (Wildman–Crippen MR) is 83.1 cm³/mol. The van der Waals surface area contributed by atoms with Gasteiger partial charge >= 0.3 is 0 Å². The molecule has 0 unspecified atom stereocenters. The van der Waals surface area contributed by atoms with Gasteiger partial charge in [0.15, 0.2) is 9.84 Å². The van der Waals surface area contributed by atoms with Gasteiger partial charge in [0.25, 0.3) is 5.91 Å². The van der Waals surface area contributed by atoms with E-state index in [0.29, 0.717) is 11.3 Å². The highest BCUT2D eigenvalue weighted by Gasteiger charge is 2.18.